The summed E-state index contributed by atoms with van der Waals surface area (Å²) in [4.78, 5) is 58.5. The van der Waals surface area contributed by atoms with Gasteiger partial charge < -0.3 is 20.2 Å². The Hall–Kier alpha value is -5.62. The first-order chi connectivity index (χ1) is 28.2. The molecule has 4 aromatic rings. The van der Waals surface area contributed by atoms with E-state index in [0.29, 0.717) is 81.9 Å². The van der Waals surface area contributed by atoms with Crippen LogP contribution >= 0.6 is 0 Å². The molecule has 4 fully saturated rings. The first kappa shape index (κ1) is 39.2. The molecule has 0 spiro atoms. The number of carbonyl (C=O) groups excluding carboxylic acids is 4. The first-order valence-corrected chi connectivity index (χ1v) is 20.8. The van der Waals surface area contributed by atoms with Crippen LogP contribution in [0.1, 0.15) is 86.8 Å². The number of imide groups is 1. The maximum atomic E-state index is 14.4. The van der Waals surface area contributed by atoms with E-state index < -0.39 is 5.41 Å². The molecule has 0 saturated carbocycles. The van der Waals surface area contributed by atoms with Crippen LogP contribution in [0.25, 0.3) is 11.3 Å². The van der Waals surface area contributed by atoms with Gasteiger partial charge in [0, 0.05) is 43.7 Å². The number of likely N-dealkylation sites (tertiary alicyclic amines) is 2. The zero-order valence-corrected chi connectivity index (χ0v) is 33.2. The number of aromatic hydroxyl groups is 1. The molecular weight excluding hydrogens is 731 g/mol. The van der Waals surface area contributed by atoms with Crippen molar-refractivity contribution in [1.29, 1.82) is 0 Å². The van der Waals surface area contributed by atoms with Gasteiger partial charge in [-0.1, -0.05) is 66.7 Å². The summed E-state index contributed by atoms with van der Waals surface area (Å²) >= 11 is 0. The predicted molar refractivity (Wildman–Crippen MR) is 221 cm³/mol. The lowest BCUT2D eigenvalue weighted by Gasteiger charge is -2.44. The Morgan fingerprint density at radius 2 is 1.57 bits per heavy atom. The molecule has 0 aliphatic carbocycles. The third-order valence-electron chi connectivity index (χ3n) is 13.1. The standard InChI is InChI=1S/C46H53N7O5/c1-31-27-36(19-24-53(31)43(56)30-51-22-17-33(18-23-51)32-11-13-34(14-12-32)38-15-16-42(55)49-44(38)57)48-45(58)46(35-7-3-2-4-8-35)20-25-52(26-21-46)37-28-40(50-47-29-37)39-9-5-6-10-41(39)54/h2-14,28-29,31,33,36,38,54H,15-27,30H2,1H3,(H,48,58)(H,49,55,57)/t31-,36+,38?/m0/s1. The minimum absolute atomic E-state index is 0.0129. The molecule has 3 aromatic carbocycles. The maximum absolute atomic E-state index is 14.4. The van der Waals surface area contributed by atoms with Crippen molar-refractivity contribution in [1.82, 2.24) is 30.6 Å². The lowest BCUT2D eigenvalue weighted by molar-refractivity contribution is -0.137. The summed E-state index contributed by atoms with van der Waals surface area (Å²) in [5.74, 6) is 0.0691. The van der Waals surface area contributed by atoms with Gasteiger partial charge in [0.1, 0.15) is 5.75 Å². The van der Waals surface area contributed by atoms with Gasteiger partial charge >= 0.3 is 0 Å². The molecule has 0 bridgehead atoms. The molecule has 1 unspecified atom stereocenters. The number of rotatable bonds is 9. The third kappa shape index (κ3) is 8.34. The maximum Gasteiger partial charge on any atom is 0.236 e. The van der Waals surface area contributed by atoms with E-state index in [1.165, 1.54) is 5.56 Å². The van der Waals surface area contributed by atoms with Gasteiger partial charge in [0.25, 0.3) is 0 Å². The number of aromatic nitrogens is 2. The fourth-order valence-corrected chi connectivity index (χ4v) is 9.62. The fourth-order valence-electron chi connectivity index (χ4n) is 9.62. The molecule has 12 heteroatoms. The predicted octanol–water partition coefficient (Wildman–Crippen LogP) is 5.28. The van der Waals surface area contributed by atoms with Crippen LogP contribution in [-0.4, -0.2) is 100 Å². The number of benzene rings is 3. The Labute approximate surface area is 340 Å². The zero-order valence-electron chi connectivity index (χ0n) is 33.2. The Morgan fingerprint density at radius 3 is 2.28 bits per heavy atom. The molecule has 58 heavy (non-hydrogen) atoms. The number of nitrogens with zero attached hydrogens (tertiary/aromatic N) is 5. The van der Waals surface area contributed by atoms with Crippen LogP contribution in [-0.2, 0) is 24.6 Å². The number of para-hydroxylation sites is 1. The van der Waals surface area contributed by atoms with Gasteiger partial charge in [-0.2, -0.15) is 10.2 Å². The van der Waals surface area contributed by atoms with Crippen LogP contribution in [0.3, 0.4) is 0 Å². The second kappa shape index (κ2) is 17.1. The van der Waals surface area contributed by atoms with E-state index in [9.17, 15) is 24.3 Å². The molecule has 1 aromatic heterocycles. The Kier molecular flexibility index (Phi) is 11.5. The number of phenolic OH excluding ortho intramolecular Hbond substituents is 1. The van der Waals surface area contributed by atoms with Crippen LogP contribution < -0.4 is 15.5 Å². The molecule has 8 rings (SSSR count). The fraction of sp³-hybridized carbons (Fsp3) is 0.435. The average Bonchev–Trinajstić information content (AvgIpc) is 3.24. The van der Waals surface area contributed by atoms with Crippen molar-refractivity contribution in [3.05, 3.63) is 108 Å². The summed E-state index contributed by atoms with van der Waals surface area (Å²) in [5.41, 5.74) is 4.67. The number of phenols is 1. The summed E-state index contributed by atoms with van der Waals surface area (Å²) in [6.45, 7) is 6.12. The van der Waals surface area contributed by atoms with Gasteiger partial charge in [-0.05, 0) is 106 Å². The highest BCUT2D eigenvalue weighted by atomic mass is 16.3. The number of carbonyl (C=O) groups is 4. The van der Waals surface area contributed by atoms with Crippen molar-refractivity contribution in [2.24, 2.45) is 0 Å². The molecule has 302 valence electrons. The number of nitrogens with one attached hydrogen (secondary N) is 2. The van der Waals surface area contributed by atoms with Gasteiger partial charge in [-0.25, -0.2) is 0 Å². The van der Waals surface area contributed by atoms with E-state index in [1.54, 1.807) is 18.3 Å². The number of piperidine rings is 4. The zero-order chi connectivity index (χ0) is 40.2. The second-order valence-electron chi connectivity index (χ2n) is 16.6. The van der Waals surface area contributed by atoms with Crippen LogP contribution in [0.2, 0.25) is 0 Å². The SMILES string of the molecule is C[C@H]1C[C@H](NC(=O)C2(c3ccccc3)CCN(c3cnnc(-c4ccccc4O)c3)CC2)CCN1C(=O)CN1CCC(c2ccc(C3CCC(=O)NC3=O)cc2)CC1. The van der Waals surface area contributed by atoms with Crippen LogP contribution in [0.5, 0.6) is 5.75 Å². The highest BCUT2D eigenvalue weighted by Gasteiger charge is 2.44. The van der Waals surface area contributed by atoms with Gasteiger partial charge in [-0.15, -0.1) is 0 Å². The molecular formula is C46H53N7O5. The van der Waals surface area contributed by atoms with Crippen molar-refractivity contribution in [3.8, 4) is 17.0 Å². The molecule has 4 aliphatic heterocycles. The van der Waals surface area contributed by atoms with E-state index in [1.807, 2.05) is 53.4 Å². The number of hydrogen-bond acceptors (Lipinski definition) is 9. The minimum atomic E-state index is -0.684. The van der Waals surface area contributed by atoms with Crippen LogP contribution in [0, 0.1) is 0 Å². The normalized spacial score (nSPS) is 22.9. The topological polar surface area (TPSA) is 148 Å². The van der Waals surface area contributed by atoms with Crippen molar-refractivity contribution in [3.63, 3.8) is 0 Å². The molecule has 4 amide bonds. The summed E-state index contributed by atoms with van der Waals surface area (Å²) in [5, 5.41) is 24.8. The summed E-state index contributed by atoms with van der Waals surface area (Å²) < 4.78 is 0. The molecule has 4 saturated heterocycles. The quantitative estimate of drug-likeness (QED) is 0.193. The highest BCUT2D eigenvalue weighted by molar-refractivity contribution is 6.01. The van der Waals surface area contributed by atoms with Crippen LogP contribution in [0.4, 0.5) is 5.69 Å². The Morgan fingerprint density at radius 1 is 0.862 bits per heavy atom. The second-order valence-corrected chi connectivity index (χ2v) is 16.6. The van der Waals surface area contributed by atoms with E-state index in [2.05, 4.69) is 61.8 Å². The van der Waals surface area contributed by atoms with Crippen LogP contribution in [0.15, 0.2) is 91.1 Å². The largest absolute Gasteiger partial charge is 0.507 e. The first-order valence-electron chi connectivity index (χ1n) is 20.8. The van der Waals surface area contributed by atoms with Gasteiger partial charge in [0.2, 0.25) is 23.6 Å². The van der Waals surface area contributed by atoms with Crippen molar-refractivity contribution in [2.45, 2.75) is 87.6 Å². The van der Waals surface area contributed by atoms with Crippen molar-refractivity contribution < 1.29 is 24.3 Å². The Bertz CT molecular complexity index is 2110. The van der Waals surface area contributed by atoms with Gasteiger partial charge in [0.15, 0.2) is 0 Å². The molecule has 3 atom stereocenters. The van der Waals surface area contributed by atoms with E-state index in [0.717, 1.165) is 42.7 Å². The third-order valence-corrected chi connectivity index (χ3v) is 13.1. The van der Waals surface area contributed by atoms with E-state index >= 15 is 0 Å². The number of amides is 4. The smallest absolute Gasteiger partial charge is 0.236 e. The Balaban J connectivity index is 0.834. The minimum Gasteiger partial charge on any atom is -0.507 e. The average molecular weight is 784 g/mol. The van der Waals surface area contributed by atoms with Gasteiger partial charge in [0.05, 0.1) is 35.5 Å². The highest BCUT2D eigenvalue weighted by Crippen LogP contribution is 2.39. The number of hydrogen-bond donors (Lipinski definition) is 3. The van der Waals surface area contributed by atoms with E-state index in [4.69, 9.17) is 0 Å². The van der Waals surface area contributed by atoms with Gasteiger partial charge in [-0.3, -0.25) is 29.4 Å². The molecule has 12 nitrogen and oxygen atoms in total. The molecule has 0 radical (unpaired) electrons. The molecule has 3 N–H and O–H groups in total. The summed E-state index contributed by atoms with van der Waals surface area (Å²) in [7, 11) is 0. The van der Waals surface area contributed by atoms with Crippen molar-refractivity contribution >= 4 is 29.3 Å². The summed E-state index contributed by atoms with van der Waals surface area (Å²) in [6.07, 6.45) is 7.29. The molecule has 5 heterocycles. The lowest BCUT2D eigenvalue weighted by Crippen LogP contribution is -2.57. The van der Waals surface area contributed by atoms with Crippen molar-refractivity contribution in [2.75, 3.05) is 44.2 Å². The lowest BCUT2D eigenvalue weighted by atomic mass is 9.71. The number of anilines is 1. The summed E-state index contributed by atoms with van der Waals surface area (Å²) in [6, 6.07) is 27.5. The van der Waals surface area contributed by atoms with E-state index in [-0.39, 0.29) is 47.4 Å². The monoisotopic (exact) mass is 783 g/mol. The molecule has 4 aliphatic rings.